The highest BCUT2D eigenvalue weighted by Gasteiger charge is 2.22. The third kappa shape index (κ3) is 7.96. The molecule has 0 unspecified atom stereocenters. The standard InChI is InChI=1S/C18H20O7.CHF3/c1-24-12-9-11-5-4-7-14(20)17(22)13(19)6-2-3-8-25-18(23)16(11)15(21)10-12;2-1(3)4/h2,4-6,9-10,14,17,20-22H,3,7-8H2,1H3;1H/b5-4+,6-2-;/t14-,17+;/m0./s1. The Kier molecular flexibility index (Phi) is 9.90. The van der Waals surface area contributed by atoms with Crippen LogP contribution in [0.1, 0.15) is 28.8 Å². The van der Waals surface area contributed by atoms with Crippen LogP contribution in [0.3, 0.4) is 0 Å². The second kappa shape index (κ2) is 11.9. The van der Waals surface area contributed by atoms with Crippen molar-refractivity contribution in [2.75, 3.05) is 13.7 Å². The summed E-state index contributed by atoms with van der Waals surface area (Å²) in [6.45, 7) is -3.67. The predicted octanol–water partition coefficient (Wildman–Crippen LogP) is 2.39. The van der Waals surface area contributed by atoms with E-state index in [1.807, 2.05) is 0 Å². The molecule has 0 amide bonds. The number of ketones is 1. The Labute approximate surface area is 164 Å². The number of rotatable bonds is 1. The molecule has 0 fully saturated rings. The molecule has 0 radical (unpaired) electrons. The van der Waals surface area contributed by atoms with E-state index in [0.717, 1.165) is 6.08 Å². The second-order valence-electron chi connectivity index (χ2n) is 5.74. The largest absolute Gasteiger partial charge is 0.507 e. The fourth-order valence-corrected chi connectivity index (χ4v) is 2.34. The summed E-state index contributed by atoms with van der Waals surface area (Å²) in [6.07, 6.45) is 2.98. The van der Waals surface area contributed by atoms with E-state index in [-0.39, 0.29) is 30.8 Å². The number of hydrogen-bond donors (Lipinski definition) is 3. The van der Waals surface area contributed by atoms with Crippen molar-refractivity contribution in [3.8, 4) is 11.5 Å². The summed E-state index contributed by atoms with van der Waals surface area (Å²) >= 11 is 0. The number of benzene rings is 1. The van der Waals surface area contributed by atoms with Crippen molar-refractivity contribution in [1.29, 1.82) is 0 Å². The molecule has 1 aromatic rings. The van der Waals surface area contributed by atoms with E-state index >= 15 is 0 Å². The third-order valence-electron chi connectivity index (χ3n) is 3.69. The zero-order chi connectivity index (χ0) is 22.0. The molecule has 0 saturated carbocycles. The number of fused-ring (bicyclic) bond motifs is 1. The fraction of sp³-hybridized carbons (Fsp3) is 0.368. The fourth-order valence-electron chi connectivity index (χ4n) is 2.34. The van der Waals surface area contributed by atoms with Crippen molar-refractivity contribution in [3.05, 3.63) is 41.5 Å². The first kappa shape index (κ1) is 24.2. The molecule has 0 aromatic heterocycles. The van der Waals surface area contributed by atoms with Crippen LogP contribution in [0.4, 0.5) is 13.2 Å². The maximum atomic E-state index is 12.2. The highest BCUT2D eigenvalue weighted by atomic mass is 19.4. The Morgan fingerprint density at radius 2 is 1.79 bits per heavy atom. The number of hydrogen-bond acceptors (Lipinski definition) is 7. The van der Waals surface area contributed by atoms with Crippen LogP contribution in [0.2, 0.25) is 0 Å². The Morgan fingerprint density at radius 3 is 2.41 bits per heavy atom. The molecule has 7 nitrogen and oxygen atoms in total. The average Bonchev–Trinajstić information content (AvgIpc) is 2.65. The van der Waals surface area contributed by atoms with Crippen LogP contribution in [0.15, 0.2) is 30.4 Å². The molecule has 3 N–H and O–H groups in total. The van der Waals surface area contributed by atoms with Gasteiger partial charge in [-0.2, -0.15) is 13.2 Å². The van der Waals surface area contributed by atoms with Gasteiger partial charge in [0.2, 0.25) is 0 Å². The van der Waals surface area contributed by atoms with Gasteiger partial charge in [-0.3, -0.25) is 4.79 Å². The lowest BCUT2D eigenvalue weighted by Gasteiger charge is -2.14. The molecule has 2 atom stereocenters. The van der Waals surface area contributed by atoms with Gasteiger partial charge < -0.3 is 24.8 Å². The Morgan fingerprint density at radius 1 is 1.14 bits per heavy atom. The number of cyclic esters (lactones) is 1. The lowest BCUT2D eigenvalue weighted by Crippen LogP contribution is -2.32. The van der Waals surface area contributed by atoms with Crippen LogP contribution in [-0.4, -0.2) is 59.7 Å². The summed E-state index contributed by atoms with van der Waals surface area (Å²) in [6, 6.07) is 2.83. The van der Waals surface area contributed by atoms with Crippen LogP contribution < -0.4 is 4.74 Å². The van der Waals surface area contributed by atoms with Gasteiger partial charge in [0.15, 0.2) is 5.78 Å². The van der Waals surface area contributed by atoms with Crippen LogP contribution in [0.25, 0.3) is 6.08 Å². The molecule has 0 saturated heterocycles. The number of aliphatic hydroxyl groups is 2. The lowest BCUT2D eigenvalue weighted by atomic mass is 10.0. The van der Waals surface area contributed by atoms with Gasteiger partial charge in [0.1, 0.15) is 23.2 Å². The highest BCUT2D eigenvalue weighted by molar-refractivity contribution is 5.97. The van der Waals surface area contributed by atoms with Gasteiger partial charge >= 0.3 is 12.6 Å². The SMILES string of the molecule is COc1cc(O)c2c(c1)/C=C/C[C@H](O)[C@H](O)C(=O)/C=C\CCOC2=O.FC(F)F. The van der Waals surface area contributed by atoms with Crippen LogP contribution >= 0.6 is 0 Å². The van der Waals surface area contributed by atoms with Crippen molar-refractivity contribution < 1.29 is 47.6 Å². The summed E-state index contributed by atoms with van der Waals surface area (Å²) in [4.78, 5) is 23.9. The molecule has 2 rings (SSSR count). The monoisotopic (exact) mass is 418 g/mol. The van der Waals surface area contributed by atoms with E-state index in [4.69, 9.17) is 9.47 Å². The molecule has 1 heterocycles. The molecule has 0 spiro atoms. The minimum absolute atomic E-state index is 0.00408. The molecule has 160 valence electrons. The van der Waals surface area contributed by atoms with Gasteiger partial charge in [-0.05, 0) is 30.5 Å². The van der Waals surface area contributed by atoms with E-state index in [1.54, 1.807) is 0 Å². The molecule has 1 aromatic carbocycles. The van der Waals surface area contributed by atoms with E-state index in [1.165, 1.54) is 37.5 Å². The Balaban J connectivity index is 0.000000960. The van der Waals surface area contributed by atoms with E-state index in [0.29, 0.717) is 11.3 Å². The van der Waals surface area contributed by atoms with E-state index in [2.05, 4.69) is 0 Å². The quantitative estimate of drug-likeness (QED) is 0.600. The molecule has 29 heavy (non-hydrogen) atoms. The molecular weight excluding hydrogens is 397 g/mol. The zero-order valence-electron chi connectivity index (χ0n) is 15.4. The van der Waals surface area contributed by atoms with Gasteiger partial charge in [-0.15, -0.1) is 0 Å². The summed E-state index contributed by atoms with van der Waals surface area (Å²) in [7, 11) is 1.42. The first-order valence-electron chi connectivity index (χ1n) is 8.40. The number of halogens is 3. The van der Waals surface area contributed by atoms with Crippen molar-refractivity contribution in [3.63, 3.8) is 0 Å². The predicted molar refractivity (Wildman–Crippen MR) is 96.5 cm³/mol. The number of aromatic hydroxyl groups is 1. The van der Waals surface area contributed by atoms with Crippen molar-refractivity contribution in [2.45, 2.75) is 31.7 Å². The Bertz CT molecular complexity index is 760. The Hall–Kier alpha value is -2.85. The molecule has 1 aliphatic rings. The highest BCUT2D eigenvalue weighted by Crippen LogP contribution is 2.30. The van der Waals surface area contributed by atoms with E-state index in [9.17, 15) is 38.1 Å². The zero-order valence-corrected chi connectivity index (χ0v) is 15.4. The third-order valence-corrected chi connectivity index (χ3v) is 3.69. The number of phenolic OH excluding ortho intramolecular Hbond substituents is 1. The van der Waals surface area contributed by atoms with Crippen LogP contribution in [0.5, 0.6) is 11.5 Å². The van der Waals surface area contributed by atoms with Crippen molar-refractivity contribution >= 4 is 17.8 Å². The first-order valence-corrected chi connectivity index (χ1v) is 8.40. The number of alkyl halides is 3. The molecule has 10 heteroatoms. The van der Waals surface area contributed by atoms with Crippen LogP contribution in [0, 0.1) is 0 Å². The minimum atomic E-state index is -3.67. The molecular formula is C19H21F3O7. The number of aliphatic hydroxyl groups excluding tert-OH is 2. The van der Waals surface area contributed by atoms with Gasteiger partial charge in [0.05, 0.1) is 19.8 Å². The number of carbonyl (C=O) groups excluding carboxylic acids is 2. The summed E-state index contributed by atoms with van der Waals surface area (Å²) in [5.74, 6) is -1.28. The normalized spacial score (nSPS) is 22.4. The van der Waals surface area contributed by atoms with Gasteiger partial charge in [-0.25, -0.2) is 4.79 Å². The van der Waals surface area contributed by atoms with Gasteiger partial charge in [0.25, 0.3) is 0 Å². The smallest absolute Gasteiger partial charge is 0.379 e. The summed E-state index contributed by atoms with van der Waals surface area (Å²) in [5.41, 5.74) is 0.312. The topological polar surface area (TPSA) is 113 Å². The van der Waals surface area contributed by atoms with Crippen molar-refractivity contribution in [2.24, 2.45) is 0 Å². The number of esters is 1. The first-order chi connectivity index (χ1) is 13.7. The van der Waals surface area contributed by atoms with E-state index < -0.39 is 30.6 Å². The molecule has 0 aliphatic carbocycles. The van der Waals surface area contributed by atoms with Gasteiger partial charge in [-0.1, -0.05) is 18.2 Å². The number of carbonyl (C=O) groups is 2. The average molecular weight is 418 g/mol. The second-order valence-corrected chi connectivity index (χ2v) is 5.74. The number of methoxy groups -OCH3 is 1. The lowest BCUT2D eigenvalue weighted by molar-refractivity contribution is -0.127. The maximum absolute atomic E-state index is 12.2. The summed E-state index contributed by atoms with van der Waals surface area (Å²) in [5, 5.41) is 29.8. The molecule has 0 bridgehead atoms. The summed E-state index contributed by atoms with van der Waals surface area (Å²) < 4.78 is 39.2. The minimum Gasteiger partial charge on any atom is -0.507 e. The van der Waals surface area contributed by atoms with Crippen LogP contribution in [-0.2, 0) is 9.53 Å². The number of phenols is 1. The maximum Gasteiger partial charge on any atom is 0.379 e. The van der Waals surface area contributed by atoms with Crippen molar-refractivity contribution in [1.82, 2.24) is 0 Å². The molecule has 1 aliphatic heterocycles. The number of ether oxygens (including phenoxy) is 2. The van der Waals surface area contributed by atoms with Gasteiger partial charge in [0, 0.05) is 6.07 Å².